The number of nitrogens with zero attached hydrogens (tertiary/aromatic N) is 2. The molecule has 1 amide bonds. The number of unbranched alkanes of at least 4 members (excludes halogenated alkanes) is 1. The molecule has 0 aliphatic carbocycles. The number of aryl methyl sites for hydroxylation is 1. The molecular weight excluding hydrogens is 300 g/mol. The van der Waals surface area contributed by atoms with Crippen LogP contribution >= 0.6 is 11.6 Å². The molecule has 0 fully saturated rings. The third-order valence-corrected chi connectivity index (χ3v) is 3.26. The van der Waals surface area contributed by atoms with Crippen molar-refractivity contribution in [3.8, 4) is 0 Å². The van der Waals surface area contributed by atoms with Crippen molar-refractivity contribution in [2.24, 2.45) is 0 Å². The van der Waals surface area contributed by atoms with Crippen molar-refractivity contribution in [3.63, 3.8) is 0 Å². The summed E-state index contributed by atoms with van der Waals surface area (Å²) in [6.45, 7) is 4.56. The zero-order valence-corrected chi connectivity index (χ0v) is 13.4. The smallest absolute Gasteiger partial charge is 0.270 e. The number of carbonyl (C=O) groups is 1. The van der Waals surface area contributed by atoms with Crippen molar-refractivity contribution in [3.05, 3.63) is 46.7 Å². The summed E-state index contributed by atoms with van der Waals surface area (Å²) in [6, 6.07) is 8.88. The Kier molecular flexibility index (Phi) is 5.72. The second-order valence-electron chi connectivity index (χ2n) is 4.96. The molecule has 2 N–H and O–H groups in total. The van der Waals surface area contributed by atoms with Crippen LogP contribution in [0.5, 0.6) is 0 Å². The Labute approximate surface area is 135 Å². The Hall–Kier alpha value is -2.14. The minimum atomic E-state index is -0.182. The van der Waals surface area contributed by atoms with E-state index in [0.29, 0.717) is 23.2 Å². The van der Waals surface area contributed by atoms with Crippen LogP contribution < -0.4 is 10.6 Å². The molecule has 0 aliphatic rings. The van der Waals surface area contributed by atoms with E-state index in [4.69, 9.17) is 11.6 Å². The average molecular weight is 319 g/mol. The fourth-order valence-electron chi connectivity index (χ4n) is 1.87. The molecule has 1 heterocycles. The van der Waals surface area contributed by atoms with Gasteiger partial charge in [0.05, 0.1) is 0 Å². The summed E-state index contributed by atoms with van der Waals surface area (Å²) in [6.07, 6.45) is 1.98. The van der Waals surface area contributed by atoms with Gasteiger partial charge < -0.3 is 10.6 Å². The standard InChI is InChI=1S/C16H19ClN4O/c1-3-4-9-18-15(22)14-10-11(2)19-16(21-14)20-13-7-5-12(17)6-8-13/h5-8,10H,3-4,9H2,1-2H3,(H,18,22)(H,19,20,21). The third kappa shape index (κ3) is 4.70. The topological polar surface area (TPSA) is 66.9 Å². The lowest BCUT2D eigenvalue weighted by molar-refractivity contribution is 0.0948. The number of amides is 1. The van der Waals surface area contributed by atoms with Gasteiger partial charge in [-0.05, 0) is 43.7 Å². The average Bonchev–Trinajstić information content (AvgIpc) is 2.49. The molecule has 2 aromatic rings. The van der Waals surface area contributed by atoms with Crippen molar-refractivity contribution in [2.75, 3.05) is 11.9 Å². The quantitative estimate of drug-likeness (QED) is 0.797. The molecule has 1 aromatic heterocycles. The van der Waals surface area contributed by atoms with Crippen LogP contribution in [0.1, 0.15) is 35.9 Å². The van der Waals surface area contributed by atoms with Crippen molar-refractivity contribution < 1.29 is 4.79 Å². The fourth-order valence-corrected chi connectivity index (χ4v) is 2.00. The SMILES string of the molecule is CCCCNC(=O)c1cc(C)nc(Nc2ccc(Cl)cc2)n1. The highest BCUT2D eigenvalue weighted by atomic mass is 35.5. The van der Waals surface area contributed by atoms with E-state index in [1.807, 2.05) is 19.1 Å². The van der Waals surface area contributed by atoms with E-state index >= 15 is 0 Å². The van der Waals surface area contributed by atoms with E-state index in [9.17, 15) is 4.79 Å². The predicted octanol–water partition coefficient (Wildman–Crippen LogP) is 3.71. The van der Waals surface area contributed by atoms with Crippen molar-refractivity contribution >= 4 is 29.1 Å². The second kappa shape index (κ2) is 7.75. The minimum absolute atomic E-state index is 0.182. The first kappa shape index (κ1) is 16.2. The summed E-state index contributed by atoms with van der Waals surface area (Å²) in [5.41, 5.74) is 1.90. The van der Waals surface area contributed by atoms with E-state index in [0.717, 1.165) is 24.2 Å². The fraction of sp³-hybridized carbons (Fsp3) is 0.312. The van der Waals surface area contributed by atoms with E-state index in [-0.39, 0.29) is 5.91 Å². The zero-order chi connectivity index (χ0) is 15.9. The van der Waals surface area contributed by atoms with Gasteiger partial charge in [-0.2, -0.15) is 0 Å². The maximum atomic E-state index is 12.1. The Morgan fingerprint density at radius 3 is 2.64 bits per heavy atom. The van der Waals surface area contributed by atoms with Gasteiger partial charge in [0.2, 0.25) is 5.95 Å². The Morgan fingerprint density at radius 1 is 1.23 bits per heavy atom. The first-order chi connectivity index (χ1) is 10.6. The molecular formula is C16H19ClN4O. The molecule has 2 rings (SSSR count). The van der Waals surface area contributed by atoms with Gasteiger partial charge in [0.25, 0.3) is 5.91 Å². The normalized spacial score (nSPS) is 10.3. The molecule has 0 atom stereocenters. The van der Waals surface area contributed by atoms with Crippen LogP contribution in [-0.2, 0) is 0 Å². The Bertz CT molecular complexity index is 643. The highest BCUT2D eigenvalue weighted by molar-refractivity contribution is 6.30. The highest BCUT2D eigenvalue weighted by Gasteiger charge is 2.10. The van der Waals surface area contributed by atoms with E-state index < -0.39 is 0 Å². The van der Waals surface area contributed by atoms with Crippen molar-refractivity contribution in [1.82, 2.24) is 15.3 Å². The van der Waals surface area contributed by atoms with Gasteiger partial charge in [-0.15, -0.1) is 0 Å². The lowest BCUT2D eigenvalue weighted by Gasteiger charge is -2.09. The number of hydrogen-bond acceptors (Lipinski definition) is 4. The molecule has 0 bridgehead atoms. The first-order valence-electron chi connectivity index (χ1n) is 7.25. The number of hydrogen-bond donors (Lipinski definition) is 2. The zero-order valence-electron chi connectivity index (χ0n) is 12.7. The number of aromatic nitrogens is 2. The molecule has 5 nitrogen and oxygen atoms in total. The monoisotopic (exact) mass is 318 g/mol. The van der Waals surface area contributed by atoms with Gasteiger partial charge in [0, 0.05) is 22.9 Å². The molecule has 0 saturated carbocycles. The van der Waals surface area contributed by atoms with Gasteiger partial charge >= 0.3 is 0 Å². The van der Waals surface area contributed by atoms with Crippen LogP contribution in [0.15, 0.2) is 30.3 Å². The van der Waals surface area contributed by atoms with Gasteiger partial charge in [-0.3, -0.25) is 4.79 Å². The lowest BCUT2D eigenvalue weighted by Crippen LogP contribution is -2.25. The molecule has 6 heteroatoms. The van der Waals surface area contributed by atoms with Crippen molar-refractivity contribution in [1.29, 1.82) is 0 Å². The molecule has 0 spiro atoms. The summed E-state index contributed by atoms with van der Waals surface area (Å²) in [5, 5.41) is 6.58. The summed E-state index contributed by atoms with van der Waals surface area (Å²) in [7, 11) is 0. The number of carbonyl (C=O) groups excluding carboxylic acids is 1. The number of nitrogens with one attached hydrogen (secondary N) is 2. The molecule has 0 radical (unpaired) electrons. The van der Waals surface area contributed by atoms with Crippen LogP contribution in [0.3, 0.4) is 0 Å². The van der Waals surface area contributed by atoms with Crippen LogP contribution in [0.2, 0.25) is 5.02 Å². The van der Waals surface area contributed by atoms with Gasteiger partial charge in [0.15, 0.2) is 0 Å². The molecule has 0 unspecified atom stereocenters. The summed E-state index contributed by atoms with van der Waals surface area (Å²) in [4.78, 5) is 20.6. The lowest BCUT2D eigenvalue weighted by atomic mass is 10.3. The van der Waals surface area contributed by atoms with E-state index in [1.165, 1.54) is 0 Å². The maximum Gasteiger partial charge on any atom is 0.270 e. The molecule has 0 aliphatic heterocycles. The van der Waals surface area contributed by atoms with Crippen LogP contribution in [0, 0.1) is 6.92 Å². The Balaban J connectivity index is 2.12. The summed E-state index contributed by atoms with van der Waals surface area (Å²) < 4.78 is 0. The van der Waals surface area contributed by atoms with Crippen LogP contribution in [0.4, 0.5) is 11.6 Å². The molecule has 1 aromatic carbocycles. The number of benzene rings is 1. The first-order valence-corrected chi connectivity index (χ1v) is 7.62. The third-order valence-electron chi connectivity index (χ3n) is 3.00. The highest BCUT2D eigenvalue weighted by Crippen LogP contribution is 2.17. The maximum absolute atomic E-state index is 12.1. The second-order valence-corrected chi connectivity index (χ2v) is 5.40. The largest absolute Gasteiger partial charge is 0.351 e. The van der Waals surface area contributed by atoms with Crippen molar-refractivity contribution in [2.45, 2.75) is 26.7 Å². The van der Waals surface area contributed by atoms with Gasteiger partial charge in [0.1, 0.15) is 5.69 Å². The summed E-state index contributed by atoms with van der Waals surface area (Å²) >= 11 is 5.86. The Morgan fingerprint density at radius 2 is 1.95 bits per heavy atom. The number of anilines is 2. The van der Waals surface area contributed by atoms with Gasteiger partial charge in [-0.25, -0.2) is 9.97 Å². The van der Waals surface area contributed by atoms with Gasteiger partial charge in [-0.1, -0.05) is 24.9 Å². The molecule has 0 saturated heterocycles. The number of halogens is 1. The summed E-state index contributed by atoms with van der Waals surface area (Å²) in [5.74, 6) is 0.209. The van der Waals surface area contributed by atoms with E-state index in [1.54, 1.807) is 18.2 Å². The molecule has 116 valence electrons. The van der Waals surface area contributed by atoms with Crippen LogP contribution in [0.25, 0.3) is 0 Å². The molecule has 22 heavy (non-hydrogen) atoms. The van der Waals surface area contributed by atoms with E-state index in [2.05, 4.69) is 27.5 Å². The predicted molar refractivity (Wildman–Crippen MR) is 88.7 cm³/mol. The minimum Gasteiger partial charge on any atom is -0.351 e. The number of rotatable bonds is 6. The van der Waals surface area contributed by atoms with Crippen LogP contribution in [-0.4, -0.2) is 22.4 Å².